The molecule has 20 heavy (non-hydrogen) atoms. The zero-order valence-corrected chi connectivity index (χ0v) is 11.5. The number of nitrogens with one attached hydrogen (secondary N) is 2. The lowest BCUT2D eigenvalue weighted by atomic mass is 10.2. The highest BCUT2D eigenvalue weighted by molar-refractivity contribution is 5.72. The Morgan fingerprint density at radius 3 is 2.70 bits per heavy atom. The molecule has 0 saturated heterocycles. The molecule has 2 aromatic rings. The van der Waals surface area contributed by atoms with E-state index in [1.165, 1.54) is 0 Å². The summed E-state index contributed by atoms with van der Waals surface area (Å²) in [6.07, 6.45) is 0. The molecule has 0 aliphatic carbocycles. The normalized spacial score (nSPS) is 10.3. The van der Waals surface area contributed by atoms with Crippen molar-refractivity contribution in [1.29, 1.82) is 0 Å². The van der Waals surface area contributed by atoms with Gasteiger partial charge in [0, 0.05) is 12.1 Å². The molecule has 2 amide bonds. The number of aromatic nitrogens is 1. The van der Waals surface area contributed by atoms with Gasteiger partial charge in [-0.05, 0) is 19.4 Å². The molecule has 2 rings (SSSR count). The highest BCUT2D eigenvalue weighted by atomic mass is 16.7. The number of amides is 2. The maximum atomic E-state index is 11.6. The molecule has 106 valence electrons. The number of hydrogen-bond donors (Lipinski definition) is 2. The van der Waals surface area contributed by atoms with Gasteiger partial charge in [0.15, 0.2) is 0 Å². The van der Waals surface area contributed by atoms with E-state index in [2.05, 4.69) is 16.0 Å². The first-order valence-corrected chi connectivity index (χ1v) is 6.28. The number of urea groups is 1. The van der Waals surface area contributed by atoms with Gasteiger partial charge in [0.1, 0.15) is 5.76 Å². The van der Waals surface area contributed by atoms with Crippen LogP contribution in [0.2, 0.25) is 0 Å². The van der Waals surface area contributed by atoms with Gasteiger partial charge in [-0.25, -0.2) is 10.3 Å². The predicted octanol–water partition coefficient (Wildman–Crippen LogP) is 2.22. The first-order chi connectivity index (χ1) is 9.66. The van der Waals surface area contributed by atoms with Crippen molar-refractivity contribution < 1.29 is 14.2 Å². The van der Waals surface area contributed by atoms with Crippen LogP contribution in [0, 0.1) is 13.8 Å². The lowest BCUT2D eigenvalue weighted by molar-refractivity contribution is 0.0489. The molecule has 0 bridgehead atoms. The topological polar surface area (TPSA) is 76.4 Å². The van der Waals surface area contributed by atoms with E-state index >= 15 is 0 Å². The van der Waals surface area contributed by atoms with Crippen molar-refractivity contribution in [3.63, 3.8) is 0 Å². The van der Waals surface area contributed by atoms with Crippen LogP contribution >= 0.6 is 0 Å². The molecule has 0 fully saturated rings. The number of benzene rings is 1. The van der Waals surface area contributed by atoms with E-state index in [0.29, 0.717) is 18.9 Å². The molecule has 1 aromatic carbocycles. The standard InChI is InChI=1S/C14H17N3O3/c1-10-13(11(2)20-16-10)8-15-14(18)17-19-9-12-6-4-3-5-7-12/h3-7H,8-9H2,1-2H3,(H2,15,17,18). The largest absolute Gasteiger partial charge is 0.361 e. The lowest BCUT2D eigenvalue weighted by Gasteiger charge is -2.07. The molecule has 0 saturated carbocycles. The number of carbonyl (C=O) groups is 1. The molecule has 0 aliphatic rings. The molecule has 0 unspecified atom stereocenters. The van der Waals surface area contributed by atoms with Gasteiger partial charge in [0.25, 0.3) is 0 Å². The smallest absolute Gasteiger partial charge is 0.338 e. The molecule has 0 radical (unpaired) electrons. The van der Waals surface area contributed by atoms with Gasteiger partial charge in [-0.2, -0.15) is 0 Å². The van der Waals surface area contributed by atoms with Crippen LogP contribution in [-0.2, 0) is 18.0 Å². The van der Waals surface area contributed by atoms with Crippen LogP contribution in [0.1, 0.15) is 22.6 Å². The minimum Gasteiger partial charge on any atom is -0.361 e. The van der Waals surface area contributed by atoms with Gasteiger partial charge in [0.2, 0.25) is 0 Å². The van der Waals surface area contributed by atoms with Crippen LogP contribution < -0.4 is 10.8 Å². The molecule has 0 spiro atoms. The summed E-state index contributed by atoms with van der Waals surface area (Å²) in [5.74, 6) is 0.702. The maximum Gasteiger partial charge on any atom is 0.338 e. The van der Waals surface area contributed by atoms with Crippen LogP contribution in [-0.4, -0.2) is 11.2 Å². The summed E-state index contributed by atoms with van der Waals surface area (Å²) in [4.78, 5) is 16.7. The fourth-order valence-corrected chi connectivity index (χ4v) is 1.72. The van der Waals surface area contributed by atoms with Crippen LogP contribution in [0.15, 0.2) is 34.9 Å². The summed E-state index contributed by atoms with van der Waals surface area (Å²) in [6, 6.07) is 9.19. The average Bonchev–Trinajstić information content (AvgIpc) is 2.77. The van der Waals surface area contributed by atoms with Gasteiger partial charge in [-0.3, -0.25) is 4.84 Å². The highest BCUT2D eigenvalue weighted by Gasteiger charge is 2.10. The summed E-state index contributed by atoms with van der Waals surface area (Å²) in [5, 5.41) is 6.50. The Hall–Kier alpha value is -2.34. The van der Waals surface area contributed by atoms with Crippen molar-refractivity contribution in [2.45, 2.75) is 27.0 Å². The lowest BCUT2D eigenvalue weighted by Crippen LogP contribution is -2.35. The van der Waals surface area contributed by atoms with Gasteiger partial charge >= 0.3 is 6.03 Å². The van der Waals surface area contributed by atoms with Crippen LogP contribution in [0.4, 0.5) is 4.79 Å². The molecule has 1 aromatic heterocycles. The minimum atomic E-state index is -0.402. The second-order valence-corrected chi connectivity index (χ2v) is 4.36. The maximum absolute atomic E-state index is 11.6. The number of hydrogen-bond acceptors (Lipinski definition) is 4. The Balaban J connectivity index is 1.71. The molecule has 1 heterocycles. The van der Waals surface area contributed by atoms with E-state index in [1.54, 1.807) is 6.92 Å². The van der Waals surface area contributed by atoms with E-state index < -0.39 is 6.03 Å². The zero-order valence-electron chi connectivity index (χ0n) is 11.5. The van der Waals surface area contributed by atoms with E-state index in [4.69, 9.17) is 9.36 Å². The van der Waals surface area contributed by atoms with Crippen molar-refractivity contribution in [3.8, 4) is 0 Å². The van der Waals surface area contributed by atoms with Crippen LogP contribution in [0.5, 0.6) is 0 Å². The molecule has 6 heteroatoms. The summed E-state index contributed by atoms with van der Waals surface area (Å²) in [6.45, 7) is 4.30. The first kappa shape index (κ1) is 14.1. The predicted molar refractivity (Wildman–Crippen MR) is 72.6 cm³/mol. The quantitative estimate of drug-likeness (QED) is 0.820. The average molecular weight is 275 g/mol. The second kappa shape index (κ2) is 6.72. The third-order valence-corrected chi connectivity index (χ3v) is 2.85. The van der Waals surface area contributed by atoms with Gasteiger partial charge in [-0.15, -0.1) is 0 Å². The summed E-state index contributed by atoms with van der Waals surface area (Å²) >= 11 is 0. The number of aryl methyl sites for hydroxylation is 2. The third kappa shape index (κ3) is 3.83. The fraction of sp³-hybridized carbons (Fsp3) is 0.286. The molecule has 0 aliphatic heterocycles. The van der Waals surface area contributed by atoms with Crippen LogP contribution in [0.25, 0.3) is 0 Å². The minimum absolute atomic E-state index is 0.319. The molecule has 2 N–H and O–H groups in total. The Labute approximate surface area is 117 Å². The van der Waals surface area contributed by atoms with Crippen molar-refractivity contribution in [3.05, 3.63) is 52.9 Å². The third-order valence-electron chi connectivity index (χ3n) is 2.85. The van der Waals surface area contributed by atoms with Gasteiger partial charge in [0.05, 0.1) is 12.3 Å². The van der Waals surface area contributed by atoms with Gasteiger partial charge < -0.3 is 9.84 Å². The fourth-order valence-electron chi connectivity index (χ4n) is 1.72. The first-order valence-electron chi connectivity index (χ1n) is 6.28. The van der Waals surface area contributed by atoms with E-state index in [-0.39, 0.29) is 0 Å². The number of hydroxylamine groups is 1. The summed E-state index contributed by atoms with van der Waals surface area (Å²) < 4.78 is 5.01. The van der Waals surface area contributed by atoms with Crippen molar-refractivity contribution in [2.75, 3.05) is 0 Å². The molecular weight excluding hydrogens is 258 g/mol. The van der Waals surface area contributed by atoms with Gasteiger partial charge in [-0.1, -0.05) is 35.5 Å². The van der Waals surface area contributed by atoms with Crippen molar-refractivity contribution in [2.24, 2.45) is 0 Å². The number of rotatable bonds is 5. The van der Waals surface area contributed by atoms with Crippen LogP contribution in [0.3, 0.4) is 0 Å². The molecule has 0 atom stereocenters. The Bertz CT molecular complexity index is 547. The summed E-state index contributed by atoms with van der Waals surface area (Å²) in [5.41, 5.74) is 4.97. The molecule has 6 nitrogen and oxygen atoms in total. The number of carbonyl (C=O) groups excluding carboxylic acids is 1. The monoisotopic (exact) mass is 275 g/mol. The zero-order chi connectivity index (χ0) is 14.4. The van der Waals surface area contributed by atoms with Crippen molar-refractivity contribution >= 4 is 6.03 Å². The Morgan fingerprint density at radius 1 is 1.30 bits per heavy atom. The summed E-state index contributed by atoms with van der Waals surface area (Å²) in [7, 11) is 0. The highest BCUT2D eigenvalue weighted by Crippen LogP contribution is 2.11. The second-order valence-electron chi connectivity index (χ2n) is 4.36. The van der Waals surface area contributed by atoms with E-state index in [0.717, 1.165) is 16.8 Å². The van der Waals surface area contributed by atoms with E-state index in [1.807, 2.05) is 37.3 Å². The van der Waals surface area contributed by atoms with E-state index in [9.17, 15) is 4.79 Å². The Morgan fingerprint density at radius 2 is 2.05 bits per heavy atom. The SMILES string of the molecule is Cc1noc(C)c1CNC(=O)NOCc1ccccc1. The number of nitrogens with zero attached hydrogens (tertiary/aromatic N) is 1. The van der Waals surface area contributed by atoms with Crippen molar-refractivity contribution in [1.82, 2.24) is 16.0 Å². The molecular formula is C14H17N3O3. The Kier molecular flexibility index (Phi) is 4.73.